The Morgan fingerprint density at radius 1 is 1.39 bits per heavy atom. The number of aryl methyl sites for hydroxylation is 1. The molecular weight excluding hydrogens is 354 g/mol. The zero-order valence-corrected chi connectivity index (χ0v) is 17.1. The molecule has 1 aliphatic carbocycles. The topological polar surface area (TPSA) is 75.9 Å². The Morgan fingerprint density at radius 3 is 2.89 bits per heavy atom. The lowest BCUT2D eigenvalue weighted by molar-refractivity contribution is 0.0905. The molecule has 3 rings (SSSR count). The number of carbonyl (C=O) groups is 1. The molecule has 2 aromatic heterocycles. The number of hydrogen-bond acceptors (Lipinski definition) is 4. The van der Waals surface area contributed by atoms with Crippen LogP contribution in [0.25, 0.3) is 5.65 Å². The molecule has 0 radical (unpaired) electrons. The summed E-state index contributed by atoms with van der Waals surface area (Å²) in [5.41, 5.74) is 1.85. The molecule has 28 heavy (non-hydrogen) atoms. The number of carbonyl (C=O) groups excluding carboxylic acids is 1. The summed E-state index contributed by atoms with van der Waals surface area (Å²) in [7, 11) is 0. The molecule has 2 heterocycles. The number of hydrogen-bond donors (Lipinski definition) is 2. The summed E-state index contributed by atoms with van der Waals surface area (Å²) in [6.07, 6.45) is 11.0. The van der Waals surface area contributed by atoms with Gasteiger partial charge in [0.1, 0.15) is 5.69 Å². The van der Waals surface area contributed by atoms with Gasteiger partial charge in [-0.05, 0) is 44.2 Å². The molecule has 154 valence electrons. The smallest absolute Gasteiger partial charge is 0.270 e. The van der Waals surface area contributed by atoms with E-state index in [0.29, 0.717) is 29.6 Å². The van der Waals surface area contributed by atoms with Gasteiger partial charge in [0, 0.05) is 6.20 Å². The van der Waals surface area contributed by atoms with Gasteiger partial charge in [0.2, 0.25) is 0 Å². The van der Waals surface area contributed by atoms with Crippen LogP contribution in [-0.2, 0) is 0 Å². The van der Waals surface area contributed by atoms with Gasteiger partial charge in [0.15, 0.2) is 11.4 Å². The van der Waals surface area contributed by atoms with Crippen LogP contribution in [0.2, 0.25) is 0 Å². The highest BCUT2D eigenvalue weighted by molar-refractivity contribution is 5.95. The molecule has 0 aromatic carbocycles. The first-order chi connectivity index (χ1) is 13.6. The Morgan fingerprint density at radius 2 is 2.18 bits per heavy atom. The maximum atomic E-state index is 12.9. The van der Waals surface area contributed by atoms with Crippen LogP contribution in [0.4, 0.5) is 0 Å². The molecule has 0 spiro atoms. The highest BCUT2D eigenvalue weighted by Gasteiger charge is 2.22. The van der Waals surface area contributed by atoms with Crippen molar-refractivity contribution < 1.29 is 14.6 Å². The number of unbranched alkanes of at least 4 members (excludes halogenated alkanes) is 1. The molecule has 0 saturated heterocycles. The molecule has 1 atom stereocenters. The first-order valence-corrected chi connectivity index (χ1v) is 10.7. The molecule has 0 bridgehead atoms. The summed E-state index contributed by atoms with van der Waals surface area (Å²) >= 11 is 0. The molecule has 2 aromatic rings. The SMILES string of the molecule is CCCC[C@H](CO)NC(=O)c1c(C)nc2c(OCC3CCCCC3)cccn12. The lowest BCUT2D eigenvalue weighted by Gasteiger charge is -2.21. The van der Waals surface area contributed by atoms with E-state index in [9.17, 15) is 9.90 Å². The summed E-state index contributed by atoms with van der Waals surface area (Å²) in [4.78, 5) is 17.5. The Balaban J connectivity index is 1.76. The minimum atomic E-state index is -0.233. The monoisotopic (exact) mass is 387 g/mol. The number of fused-ring (bicyclic) bond motifs is 1. The summed E-state index contributed by atoms with van der Waals surface area (Å²) in [5.74, 6) is 1.13. The van der Waals surface area contributed by atoms with E-state index in [-0.39, 0.29) is 18.6 Å². The van der Waals surface area contributed by atoms with Gasteiger partial charge < -0.3 is 15.2 Å². The maximum Gasteiger partial charge on any atom is 0.270 e. The van der Waals surface area contributed by atoms with Crippen LogP contribution in [-0.4, -0.2) is 39.7 Å². The van der Waals surface area contributed by atoms with Crippen LogP contribution in [0, 0.1) is 12.8 Å². The summed E-state index contributed by atoms with van der Waals surface area (Å²) in [5, 5.41) is 12.5. The second-order valence-electron chi connectivity index (χ2n) is 7.92. The molecule has 1 aliphatic rings. The Kier molecular flexibility index (Phi) is 7.31. The number of ether oxygens (including phenoxy) is 1. The molecule has 1 fully saturated rings. The van der Waals surface area contributed by atoms with Crippen molar-refractivity contribution in [1.82, 2.24) is 14.7 Å². The molecular formula is C22H33N3O3. The number of aliphatic hydroxyl groups is 1. The summed E-state index contributed by atoms with van der Waals surface area (Å²) in [6, 6.07) is 3.58. The molecule has 0 aliphatic heterocycles. The number of imidazole rings is 1. The molecule has 0 unspecified atom stereocenters. The van der Waals surface area contributed by atoms with Gasteiger partial charge in [0.05, 0.1) is 24.9 Å². The summed E-state index contributed by atoms with van der Waals surface area (Å²) < 4.78 is 7.91. The normalized spacial score (nSPS) is 16.2. The van der Waals surface area contributed by atoms with Crippen molar-refractivity contribution in [2.75, 3.05) is 13.2 Å². The van der Waals surface area contributed by atoms with E-state index in [0.717, 1.165) is 25.0 Å². The van der Waals surface area contributed by atoms with Gasteiger partial charge in [-0.15, -0.1) is 0 Å². The van der Waals surface area contributed by atoms with Gasteiger partial charge in [0.25, 0.3) is 5.91 Å². The number of rotatable bonds is 9. The third-order valence-electron chi connectivity index (χ3n) is 5.66. The number of pyridine rings is 1. The maximum absolute atomic E-state index is 12.9. The van der Waals surface area contributed by atoms with Crippen LogP contribution in [0.3, 0.4) is 0 Å². The molecule has 2 N–H and O–H groups in total. The van der Waals surface area contributed by atoms with E-state index in [1.165, 1.54) is 32.1 Å². The lowest BCUT2D eigenvalue weighted by atomic mass is 9.90. The minimum Gasteiger partial charge on any atom is -0.489 e. The molecule has 6 nitrogen and oxygen atoms in total. The molecule has 6 heteroatoms. The van der Waals surface area contributed by atoms with E-state index >= 15 is 0 Å². The van der Waals surface area contributed by atoms with E-state index in [1.54, 1.807) is 4.40 Å². The minimum absolute atomic E-state index is 0.0583. The van der Waals surface area contributed by atoms with Gasteiger partial charge in [-0.3, -0.25) is 9.20 Å². The van der Waals surface area contributed by atoms with Crippen molar-refractivity contribution in [3.63, 3.8) is 0 Å². The number of nitrogens with zero attached hydrogens (tertiary/aromatic N) is 2. The van der Waals surface area contributed by atoms with Crippen molar-refractivity contribution in [3.05, 3.63) is 29.7 Å². The van der Waals surface area contributed by atoms with Crippen LogP contribution in [0.5, 0.6) is 5.75 Å². The van der Waals surface area contributed by atoms with Crippen LogP contribution in [0.1, 0.15) is 74.5 Å². The fourth-order valence-electron chi connectivity index (χ4n) is 4.02. The third kappa shape index (κ3) is 4.85. The Bertz CT molecular complexity index is 781. The van der Waals surface area contributed by atoms with Crippen molar-refractivity contribution in [2.24, 2.45) is 5.92 Å². The fourth-order valence-corrected chi connectivity index (χ4v) is 4.02. The average molecular weight is 388 g/mol. The predicted molar refractivity (Wildman–Crippen MR) is 110 cm³/mol. The highest BCUT2D eigenvalue weighted by atomic mass is 16.5. The van der Waals surface area contributed by atoms with Gasteiger partial charge >= 0.3 is 0 Å². The van der Waals surface area contributed by atoms with Crippen LogP contribution in [0.15, 0.2) is 18.3 Å². The zero-order chi connectivity index (χ0) is 19.9. The van der Waals surface area contributed by atoms with Crippen molar-refractivity contribution in [1.29, 1.82) is 0 Å². The number of aliphatic hydroxyl groups excluding tert-OH is 1. The van der Waals surface area contributed by atoms with E-state index in [1.807, 2.05) is 25.3 Å². The van der Waals surface area contributed by atoms with E-state index < -0.39 is 0 Å². The predicted octanol–water partition coefficient (Wildman–Crippen LogP) is 3.88. The average Bonchev–Trinajstić information content (AvgIpc) is 3.06. The second kappa shape index (κ2) is 9.92. The standard InChI is InChI=1S/C22H33N3O3/c1-3-4-11-18(14-26)24-22(27)20-16(2)23-21-19(12-8-13-25(20)21)28-15-17-9-6-5-7-10-17/h8,12-13,17-18,26H,3-7,9-11,14-15H2,1-2H3,(H,24,27)/t18-/m1/s1. The van der Waals surface area contributed by atoms with E-state index in [2.05, 4.69) is 17.2 Å². The molecule has 1 amide bonds. The van der Waals surface area contributed by atoms with Crippen molar-refractivity contribution >= 4 is 11.6 Å². The zero-order valence-electron chi connectivity index (χ0n) is 17.1. The molecule has 1 saturated carbocycles. The number of nitrogens with one attached hydrogen (secondary N) is 1. The Labute approximate surface area is 167 Å². The van der Waals surface area contributed by atoms with Crippen molar-refractivity contribution in [2.45, 2.75) is 71.3 Å². The Hall–Kier alpha value is -2.08. The first-order valence-electron chi connectivity index (χ1n) is 10.7. The van der Waals surface area contributed by atoms with Gasteiger partial charge in [-0.1, -0.05) is 39.0 Å². The third-order valence-corrected chi connectivity index (χ3v) is 5.66. The van der Waals surface area contributed by atoms with Crippen molar-refractivity contribution in [3.8, 4) is 5.75 Å². The van der Waals surface area contributed by atoms with Gasteiger partial charge in [-0.2, -0.15) is 0 Å². The quantitative estimate of drug-likeness (QED) is 0.685. The van der Waals surface area contributed by atoms with E-state index in [4.69, 9.17) is 4.74 Å². The van der Waals surface area contributed by atoms with Crippen LogP contribution < -0.4 is 10.1 Å². The highest BCUT2D eigenvalue weighted by Crippen LogP contribution is 2.27. The number of amides is 1. The summed E-state index contributed by atoms with van der Waals surface area (Å²) in [6.45, 7) is 4.58. The fraction of sp³-hybridized carbons (Fsp3) is 0.636. The number of aromatic nitrogens is 2. The van der Waals surface area contributed by atoms with Gasteiger partial charge in [-0.25, -0.2) is 4.98 Å². The van der Waals surface area contributed by atoms with Crippen LogP contribution >= 0.6 is 0 Å². The second-order valence-corrected chi connectivity index (χ2v) is 7.92. The largest absolute Gasteiger partial charge is 0.489 e. The first kappa shape index (κ1) is 20.6. The lowest BCUT2D eigenvalue weighted by Crippen LogP contribution is -2.38.